The van der Waals surface area contributed by atoms with Crippen molar-refractivity contribution in [1.29, 1.82) is 0 Å². The molecule has 1 aromatic heterocycles. The number of carbonyl (C=O) groups is 2. The van der Waals surface area contributed by atoms with Crippen LogP contribution in [0.15, 0.2) is 30.5 Å². The predicted octanol–water partition coefficient (Wildman–Crippen LogP) is 1.91. The van der Waals surface area contributed by atoms with E-state index in [2.05, 4.69) is 10.3 Å². The third-order valence-corrected chi connectivity index (χ3v) is 3.87. The average Bonchev–Trinajstić information content (AvgIpc) is 3.07. The molecule has 2 amide bonds. The van der Waals surface area contributed by atoms with Crippen LogP contribution in [0.4, 0.5) is 0 Å². The molecular formula is C16H19N3O2. The van der Waals surface area contributed by atoms with Crippen LogP contribution in [0.2, 0.25) is 0 Å². The summed E-state index contributed by atoms with van der Waals surface area (Å²) in [5.74, 6) is 0.0739. The van der Waals surface area contributed by atoms with Crippen molar-refractivity contribution in [2.45, 2.75) is 25.8 Å². The quantitative estimate of drug-likeness (QED) is 0.901. The zero-order chi connectivity index (χ0) is 14.8. The Bertz CT molecular complexity index is 677. The van der Waals surface area contributed by atoms with Gasteiger partial charge in [-0.1, -0.05) is 12.1 Å². The van der Waals surface area contributed by atoms with Crippen LogP contribution in [-0.2, 0) is 4.79 Å². The molecule has 5 heteroatoms. The lowest BCUT2D eigenvalue weighted by molar-refractivity contribution is -0.127. The van der Waals surface area contributed by atoms with E-state index in [9.17, 15) is 9.59 Å². The van der Waals surface area contributed by atoms with Crippen molar-refractivity contribution < 1.29 is 9.59 Å². The number of hydrogen-bond acceptors (Lipinski definition) is 2. The Hall–Kier alpha value is -2.30. The van der Waals surface area contributed by atoms with E-state index in [0.29, 0.717) is 18.5 Å². The van der Waals surface area contributed by atoms with E-state index in [1.807, 2.05) is 42.3 Å². The molecule has 1 saturated heterocycles. The number of nitrogens with zero attached hydrogens (tertiary/aromatic N) is 1. The van der Waals surface area contributed by atoms with Crippen LogP contribution in [0, 0.1) is 0 Å². The Labute approximate surface area is 123 Å². The first-order valence-corrected chi connectivity index (χ1v) is 7.30. The molecule has 1 aliphatic rings. The maximum atomic E-state index is 12.4. The van der Waals surface area contributed by atoms with Gasteiger partial charge in [0.05, 0.1) is 11.1 Å². The highest BCUT2D eigenvalue weighted by Gasteiger charge is 2.22. The summed E-state index contributed by atoms with van der Waals surface area (Å²) < 4.78 is 0. The topological polar surface area (TPSA) is 65.2 Å². The zero-order valence-electron chi connectivity index (χ0n) is 12.1. The SMILES string of the molecule is CC(CN1CCCC1=O)NC(=O)c1cccc2cc[nH]c12. The van der Waals surface area contributed by atoms with Crippen LogP contribution < -0.4 is 5.32 Å². The summed E-state index contributed by atoms with van der Waals surface area (Å²) in [5.41, 5.74) is 1.48. The van der Waals surface area contributed by atoms with Gasteiger partial charge in [0.2, 0.25) is 5.91 Å². The number of H-pyrrole nitrogens is 1. The normalized spacial score (nSPS) is 16.4. The minimum Gasteiger partial charge on any atom is -0.361 e. The van der Waals surface area contributed by atoms with E-state index in [1.165, 1.54) is 0 Å². The molecule has 1 aromatic carbocycles. The van der Waals surface area contributed by atoms with Gasteiger partial charge < -0.3 is 15.2 Å². The Morgan fingerprint density at radius 2 is 2.29 bits per heavy atom. The van der Waals surface area contributed by atoms with Crippen LogP contribution in [0.1, 0.15) is 30.1 Å². The van der Waals surface area contributed by atoms with Crippen molar-refractivity contribution in [1.82, 2.24) is 15.2 Å². The number of likely N-dealkylation sites (tertiary alicyclic amines) is 1. The standard InChI is InChI=1S/C16H19N3O2/c1-11(10-19-9-3-6-14(19)20)18-16(21)13-5-2-4-12-7-8-17-15(12)13/h2,4-5,7-8,11,17H,3,6,9-10H2,1H3,(H,18,21). The minimum absolute atomic E-state index is 0.0650. The van der Waals surface area contributed by atoms with Crippen molar-refractivity contribution >= 4 is 22.7 Å². The molecule has 2 N–H and O–H groups in total. The van der Waals surface area contributed by atoms with Crippen molar-refractivity contribution in [2.75, 3.05) is 13.1 Å². The van der Waals surface area contributed by atoms with Gasteiger partial charge in [-0.25, -0.2) is 0 Å². The Morgan fingerprint density at radius 1 is 1.43 bits per heavy atom. The van der Waals surface area contributed by atoms with E-state index in [-0.39, 0.29) is 17.9 Å². The number of rotatable bonds is 4. The molecule has 21 heavy (non-hydrogen) atoms. The number of hydrogen-bond donors (Lipinski definition) is 2. The number of nitrogens with one attached hydrogen (secondary N) is 2. The molecule has 0 radical (unpaired) electrons. The third kappa shape index (κ3) is 2.77. The lowest BCUT2D eigenvalue weighted by Gasteiger charge is -2.21. The molecule has 1 aliphatic heterocycles. The average molecular weight is 285 g/mol. The van der Waals surface area contributed by atoms with Crippen LogP contribution in [-0.4, -0.2) is 40.8 Å². The second-order valence-electron chi connectivity index (χ2n) is 5.57. The number of amides is 2. The zero-order valence-corrected chi connectivity index (χ0v) is 12.1. The van der Waals surface area contributed by atoms with E-state index in [4.69, 9.17) is 0 Å². The number of carbonyl (C=O) groups excluding carboxylic acids is 2. The fourth-order valence-electron chi connectivity index (χ4n) is 2.85. The molecule has 2 heterocycles. The largest absolute Gasteiger partial charge is 0.361 e. The van der Waals surface area contributed by atoms with Gasteiger partial charge in [-0.15, -0.1) is 0 Å². The van der Waals surface area contributed by atoms with E-state index in [1.54, 1.807) is 0 Å². The maximum Gasteiger partial charge on any atom is 0.253 e. The molecule has 1 unspecified atom stereocenters. The van der Waals surface area contributed by atoms with E-state index >= 15 is 0 Å². The highest BCUT2D eigenvalue weighted by atomic mass is 16.2. The summed E-state index contributed by atoms with van der Waals surface area (Å²) in [4.78, 5) is 28.9. The van der Waals surface area contributed by atoms with Gasteiger partial charge in [0.1, 0.15) is 0 Å². The monoisotopic (exact) mass is 285 g/mol. The van der Waals surface area contributed by atoms with Crippen LogP contribution >= 0.6 is 0 Å². The molecule has 0 bridgehead atoms. The molecule has 0 aliphatic carbocycles. The summed E-state index contributed by atoms with van der Waals surface area (Å²) in [5, 5.41) is 3.99. The molecule has 2 aromatic rings. The number of para-hydroxylation sites is 1. The smallest absolute Gasteiger partial charge is 0.253 e. The number of aromatic nitrogens is 1. The van der Waals surface area contributed by atoms with Crippen LogP contribution in [0.5, 0.6) is 0 Å². The first-order valence-electron chi connectivity index (χ1n) is 7.30. The molecule has 110 valence electrons. The Kier molecular flexibility index (Phi) is 3.64. The summed E-state index contributed by atoms with van der Waals surface area (Å²) in [6.07, 6.45) is 3.37. The van der Waals surface area contributed by atoms with Crippen molar-refractivity contribution in [2.24, 2.45) is 0 Å². The number of aromatic amines is 1. The lowest BCUT2D eigenvalue weighted by atomic mass is 10.1. The van der Waals surface area contributed by atoms with Gasteiger partial charge in [0.25, 0.3) is 5.91 Å². The fraction of sp³-hybridized carbons (Fsp3) is 0.375. The highest BCUT2D eigenvalue weighted by Crippen LogP contribution is 2.17. The maximum absolute atomic E-state index is 12.4. The van der Waals surface area contributed by atoms with Gasteiger partial charge in [-0.2, -0.15) is 0 Å². The second kappa shape index (κ2) is 5.60. The molecule has 3 rings (SSSR count). The van der Waals surface area contributed by atoms with Gasteiger partial charge in [-0.3, -0.25) is 9.59 Å². The summed E-state index contributed by atoms with van der Waals surface area (Å²) >= 11 is 0. The molecule has 0 spiro atoms. The highest BCUT2D eigenvalue weighted by molar-refractivity contribution is 6.05. The van der Waals surface area contributed by atoms with E-state index in [0.717, 1.165) is 23.9 Å². The summed E-state index contributed by atoms with van der Waals surface area (Å²) in [6.45, 7) is 3.30. The van der Waals surface area contributed by atoms with Crippen molar-refractivity contribution in [3.8, 4) is 0 Å². The second-order valence-corrected chi connectivity index (χ2v) is 5.57. The molecule has 0 saturated carbocycles. The van der Waals surface area contributed by atoms with Crippen LogP contribution in [0.3, 0.4) is 0 Å². The van der Waals surface area contributed by atoms with Gasteiger partial charge in [-0.05, 0) is 25.5 Å². The Morgan fingerprint density at radius 3 is 3.05 bits per heavy atom. The summed E-state index contributed by atoms with van der Waals surface area (Å²) in [6, 6.07) is 7.53. The van der Waals surface area contributed by atoms with E-state index < -0.39 is 0 Å². The predicted molar refractivity (Wildman–Crippen MR) is 81.0 cm³/mol. The first kappa shape index (κ1) is 13.7. The van der Waals surface area contributed by atoms with Crippen LogP contribution in [0.25, 0.3) is 10.9 Å². The minimum atomic E-state index is -0.109. The molecule has 1 fully saturated rings. The third-order valence-electron chi connectivity index (χ3n) is 3.87. The van der Waals surface area contributed by atoms with Crippen molar-refractivity contribution in [3.05, 3.63) is 36.0 Å². The molecule has 5 nitrogen and oxygen atoms in total. The number of benzene rings is 1. The van der Waals surface area contributed by atoms with Gasteiger partial charge in [0, 0.05) is 37.1 Å². The Balaban J connectivity index is 1.68. The number of fused-ring (bicyclic) bond motifs is 1. The molecule has 1 atom stereocenters. The first-order chi connectivity index (χ1) is 10.1. The van der Waals surface area contributed by atoms with Crippen molar-refractivity contribution in [3.63, 3.8) is 0 Å². The lowest BCUT2D eigenvalue weighted by Crippen LogP contribution is -2.42. The fourth-order valence-corrected chi connectivity index (χ4v) is 2.85. The molecular weight excluding hydrogens is 266 g/mol. The van der Waals surface area contributed by atoms with Gasteiger partial charge in [0.15, 0.2) is 0 Å². The summed E-state index contributed by atoms with van der Waals surface area (Å²) in [7, 11) is 0. The van der Waals surface area contributed by atoms with Gasteiger partial charge >= 0.3 is 0 Å².